The minimum atomic E-state index is 0.483. The molecule has 1 aromatic carbocycles. The number of likely N-dealkylation sites (N-methyl/N-ethyl adjacent to an activating group) is 1. The number of rotatable bonds is 13. The summed E-state index contributed by atoms with van der Waals surface area (Å²) in [6.07, 6.45) is 1.04. The van der Waals surface area contributed by atoms with Crippen LogP contribution in [-0.2, 0) is 11.3 Å². The summed E-state index contributed by atoms with van der Waals surface area (Å²) in [4.78, 5) is 9.36. The van der Waals surface area contributed by atoms with Gasteiger partial charge in [0, 0.05) is 52.4 Å². The van der Waals surface area contributed by atoms with E-state index in [2.05, 4.69) is 78.7 Å². The topological polar surface area (TPSA) is 52.1 Å². The summed E-state index contributed by atoms with van der Waals surface area (Å²) in [5, 5.41) is 6.74. The third-order valence-corrected chi connectivity index (χ3v) is 4.65. The molecule has 1 rings (SSSR count). The standard InChI is InChI=1S/C21H39N5O/c1-6-22-21(24-14-15-25(3)16-17-27-5)23-13-12-19(2)26(4)18-20-10-8-7-9-11-20/h7-11,19H,6,12-18H2,1-5H3,(H2,22,23,24). The molecule has 0 spiro atoms. The Kier molecular flexibility index (Phi) is 12.5. The molecule has 6 heteroatoms. The minimum absolute atomic E-state index is 0.483. The van der Waals surface area contributed by atoms with Crippen LogP contribution >= 0.6 is 0 Å². The summed E-state index contributed by atoms with van der Waals surface area (Å²) in [5.41, 5.74) is 1.35. The molecule has 1 unspecified atom stereocenters. The molecule has 0 heterocycles. The molecule has 154 valence electrons. The Labute approximate surface area is 166 Å². The van der Waals surface area contributed by atoms with Crippen molar-refractivity contribution in [2.75, 3.05) is 60.5 Å². The van der Waals surface area contributed by atoms with Gasteiger partial charge in [0.05, 0.1) is 6.61 Å². The summed E-state index contributed by atoms with van der Waals surface area (Å²) in [7, 11) is 6.02. The molecule has 6 nitrogen and oxygen atoms in total. The number of hydrogen-bond donors (Lipinski definition) is 2. The molecule has 0 bridgehead atoms. The van der Waals surface area contributed by atoms with Crippen molar-refractivity contribution >= 4 is 5.96 Å². The summed E-state index contributed by atoms with van der Waals surface area (Å²) in [6, 6.07) is 11.1. The highest BCUT2D eigenvalue weighted by atomic mass is 16.5. The van der Waals surface area contributed by atoms with E-state index >= 15 is 0 Å². The van der Waals surface area contributed by atoms with Crippen molar-refractivity contribution in [1.82, 2.24) is 20.4 Å². The average molecular weight is 378 g/mol. The third-order valence-electron chi connectivity index (χ3n) is 4.65. The number of benzene rings is 1. The molecule has 1 atom stereocenters. The van der Waals surface area contributed by atoms with E-state index in [0.29, 0.717) is 6.04 Å². The van der Waals surface area contributed by atoms with Gasteiger partial charge in [-0.05, 0) is 39.9 Å². The van der Waals surface area contributed by atoms with Crippen molar-refractivity contribution in [3.8, 4) is 0 Å². The first-order valence-electron chi connectivity index (χ1n) is 10.0. The zero-order valence-electron chi connectivity index (χ0n) is 17.9. The van der Waals surface area contributed by atoms with Crippen molar-refractivity contribution in [2.24, 2.45) is 4.99 Å². The van der Waals surface area contributed by atoms with Crippen LogP contribution in [0.2, 0.25) is 0 Å². The summed E-state index contributed by atoms with van der Waals surface area (Å²) < 4.78 is 5.11. The second-order valence-electron chi connectivity index (χ2n) is 7.02. The van der Waals surface area contributed by atoms with Crippen LogP contribution < -0.4 is 10.6 Å². The van der Waals surface area contributed by atoms with Gasteiger partial charge in [-0.1, -0.05) is 30.3 Å². The number of nitrogens with zero attached hydrogens (tertiary/aromatic N) is 3. The van der Waals surface area contributed by atoms with E-state index in [1.165, 1.54) is 5.56 Å². The fourth-order valence-electron chi connectivity index (χ4n) is 2.68. The monoisotopic (exact) mass is 377 g/mol. The van der Waals surface area contributed by atoms with Crippen LogP contribution in [0.1, 0.15) is 25.8 Å². The lowest BCUT2D eigenvalue weighted by atomic mass is 10.1. The molecule has 0 saturated heterocycles. The largest absolute Gasteiger partial charge is 0.383 e. The Morgan fingerprint density at radius 3 is 2.56 bits per heavy atom. The number of nitrogens with one attached hydrogen (secondary N) is 2. The fraction of sp³-hybridized carbons (Fsp3) is 0.667. The summed E-state index contributed by atoms with van der Waals surface area (Å²) >= 11 is 0. The van der Waals surface area contributed by atoms with E-state index in [0.717, 1.165) is 58.3 Å². The summed E-state index contributed by atoms with van der Waals surface area (Å²) in [5.74, 6) is 0.899. The van der Waals surface area contributed by atoms with Crippen LogP contribution in [0.25, 0.3) is 0 Å². The quantitative estimate of drug-likeness (QED) is 0.407. The second-order valence-corrected chi connectivity index (χ2v) is 7.02. The molecule has 2 N–H and O–H groups in total. The molecular weight excluding hydrogens is 338 g/mol. The van der Waals surface area contributed by atoms with Gasteiger partial charge in [-0.25, -0.2) is 0 Å². The predicted molar refractivity (Wildman–Crippen MR) is 115 cm³/mol. The first-order valence-corrected chi connectivity index (χ1v) is 10.0. The van der Waals surface area contributed by atoms with E-state index in [1.54, 1.807) is 7.11 Å². The van der Waals surface area contributed by atoms with Crippen LogP contribution in [0.4, 0.5) is 0 Å². The van der Waals surface area contributed by atoms with Crippen LogP contribution in [0.15, 0.2) is 35.3 Å². The average Bonchev–Trinajstić information content (AvgIpc) is 2.67. The van der Waals surface area contributed by atoms with Gasteiger partial charge in [0.25, 0.3) is 0 Å². The highest BCUT2D eigenvalue weighted by Gasteiger charge is 2.09. The van der Waals surface area contributed by atoms with Gasteiger partial charge in [0.1, 0.15) is 0 Å². The first kappa shape index (κ1) is 23.4. The smallest absolute Gasteiger partial charge is 0.191 e. The molecule has 0 aliphatic carbocycles. The third kappa shape index (κ3) is 11.0. The number of hydrogen-bond acceptors (Lipinski definition) is 4. The number of methoxy groups -OCH3 is 1. The second kappa shape index (κ2) is 14.4. The molecule has 0 saturated carbocycles. The lowest BCUT2D eigenvalue weighted by Gasteiger charge is -2.24. The van der Waals surface area contributed by atoms with E-state index in [-0.39, 0.29) is 0 Å². The van der Waals surface area contributed by atoms with E-state index < -0.39 is 0 Å². The van der Waals surface area contributed by atoms with Crippen molar-refractivity contribution in [1.29, 1.82) is 0 Å². The Hall–Kier alpha value is -1.63. The molecule has 27 heavy (non-hydrogen) atoms. The maximum Gasteiger partial charge on any atom is 0.191 e. The Balaban J connectivity index is 2.34. The van der Waals surface area contributed by atoms with Crippen LogP contribution in [0.3, 0.4) is 0 Å². The van der Waals surface area contributed by atoms with Gasteiger partial charge < -0.3 is 20.3 Å². The molecule has 1 aromatic rings. The molecule has 0 amide bonds. The number of ether oxygens (including phenoxy) is 1. The number of guanidine groups is 1. The van der Waals surface area contributed by atoms with Gasteiger partial charge in [0.2, 0.25) is 0 Å². The van der Waals surface area contributed by atoms with Crippen LogP contribution in [0.5, 0.6) is 0 Å². The first-order chi connectivity index (χ1) is 13.1. The molecule has 0 aromatic heterocycles. The van der Waals surface area contributed by atoms with E-state index in [4.69, 9.17) is 9.73 Å². The Bertz CT molecular complexity index is 509. The molecule has 0 aliphatic rings. The minimum Gasteiger partial charge on any atom is -0.383 e. The highest BCUT2D eigenvalue weighted by molar-refractivity contribution is 5.79. The van der Waals surface area contributed by atoms with Crippen molar-refractivity contribution in [3.63, 3.8) is 0 Å². The van der Waals surface area contributed by atoms with Crippen LogP contribution in [0, 0.1) is 0 Å². The molecule has 0 fully saturated rings. The maximum atomic E-state index is 5.11. The lowest BCUT2D eigenvalue weighted by Crippen LogP contribution is -2.41. The fourth-order valence-corrected chi connectivity index (χ4v) is 2.68. The summed E-state index contributed by atoms with van der Waals surface area (Å²) in [6.45, 7) is 10.6. The zero-order chi connectivity index (χ0) is 19.9. The SMILES string of the molecule is CCNC(=NCCC(C)N(C)Cc1ccccc1)NCCN(C)CCOC. The normalized spacial score (nSPS) is 13.2. The van der Waals surface area contributed by atoms with Gasteiger partial charge in [-0.2, -0.15) is 0 Å². The van der Waals surface area contributed by atoms with E-state index in [1.807, 2.05) is 0 Å². The van der Waals surface area contributed by atoms with Gasteiger partial charge >= 0.3 is 0 Å². The molecule has 0 radical (unpaired) electrons. The van der Waals surface area contributed by atoms with Crippen molar-refractivity contribution in [2.45, 2.75) is 32.9 Å². The van der Waals surface area contributed by atoms with Gasteiger partial charge in [-0.15, -0.1) is 0 Å². The maximum absolute atomic E-state index is 5.11. The number of aliphatic imine (C=N–C) groups is 1. The van der Waals surface area contributed by atoms with E-state index in [9.17, 15) is 0 Å². The zero-order valence-corrected chi connectivity index (χ0v) is 17.9. The van der Waals surface area contributed by atoms with Gasteiger partial charge in [-0.3, -0.25) is 9.89 Å². The molecule has 0 aliphatic heterocycles. The van der Waals surface area contributed by atoms with Gasteiger partial charge in [0.15, 0.2) is 5.96 Å². The Morgan fingerprint density at radius 1 is 1.15 bits per heavy atom. The predicted octanol–water partition coefficient (Wildman–Crippen LogP) is 2.03. The van der Waals surface area contributed by atoms with Crippen molar-refractivity contribution in [3.05, 3.63) is 35.9 Å². The highest BCUT2D eigenvalue weighted by Crippen LogP contribution is 2.08. The molecular formula is C21H39N5O. The van der Waals surface area contributed by atoms with Crippen LogP contribution in [-0.4, -0.2) is 82.3 Å². The lowest BCUT2D eigenvalue weighted by molar-refractivity contribution is 0.162. The Morgan fingerprint density at radius 2 is 1.89 bits per heavy atom. The van der Waals surface area contributed by atoms with Crippen molar-refractivity contribution < 1.29 is 4.74 Å².